The molecule has 3 N–H and O–H groups in total. The van der Waals surface area contributed by atoms with Crippen molar-refractivity contribution in [2.75, 3.05) is 0 Å². The summed E-state index contributed by atoms with van der Waals surface area (Å²) in [5, 5.41) is 28.0. The van der Waals surface area contributed by atoms with E-state index >= 15 is 0 Å². The first-order valence-electron chi connectivity index (χ1n) is 4.48. The number of Topliss-reactive ketones (excluding diaryl/α,β-unsaturated/α-hetero) is 2. The predicted octanol–water partition coefficient (Wildman–Crippen LogP) is 1.41. The molecule has 0 atom stereocenters. The van der Waals surface area contributed by atoms with Gasteiger partial charge in [0.15, 0.2) is 0 Å². The van der Waals surface area contributed by atoms with Crippen molar-refractivity contribution in [3.63, 3.8) is 0 Å². The molecule has 2 rings (SSSR count). The Balaban J connectivity index is 2.81. The Labute approximate surface area is 90.3 Å². The molecule has 1 aliphatic carbocycles. The molecule has 5 nitrogen and oxygen atoms in total. The number of phenolic OH excluding ortho intramolecular Hbond substituents is 1. The van der Waals surface area contributed by atoms with Crippen molar-refractivity contribution < 1.29 is 24.9 Å². The number of rotatable bonds is 0. The fourth-order valence-corrected chi connectivity index (χ4v) is 1.65. The number of benzene rings is 1. The van der Waals surface area contributed by atoms with Gasteiger partial charge in [-0.15, -0.1) is 0 Å². The third kappa shape index (κ3) is 1.18. The number of carbonyl (C=O) groups is 2. The predicted molar refractivity (Wildman–Crippen MR) is 53.8 cm³/mol. The number of carbonyl (C=O) groups excluding carboxylic acids is 2. The summed E-state index contributed by atoms with van der Waals surface area (Å²) in [6.07, 6.45) is 0. The monoisotopic (exact) mass is 220 g/mol. The molecule has 0 amide bonds. The maximum absolute atomic E-state index is 11.5. The number of fused-ring (bicyclic) bond motifs is 1. The number of aryl methyl sites for hydroxylation is 1. The van der Waals surface area contributed by atoms with E-state index in [-0.39, 0.29) is 16.9 Å². The Morgan fingerprint density at radius 1 is 0.938 bits per heavy atom. The van der Waals surface area contributed by atoms with E-state index in [9.17, 15) is 24.9 Å². The van der Waals surface area contributed by atoms with Crippen molar-refractivity contribution in [3.05, 3.63) is 40.3 Å². The van der Waals surface area contributed by atoms with Crippen molar-refractivity contribution in [1.29, 1.82) is 0 Å². The number of hydrogen-bond acceptors (Lipinski definition) is 5. The van der Waals surface area contributed by atoms with E-state index in [4.69, 9.17) is 0 Å². The largest absolute Gasteiger partial charge is 0.507 e. The summed E-state index contributed by atoms with van der Waals surface area (Å²) in [7, 11) is 0. The van der Waals surface area contributed by atoms with Crippen molar-refractivity contribution in [3.8, 4) is 5.75 Å². The van der Waals surface area contributed by atoms with Gasteiger partial charge >= 0.3 is 0 Å². The zero-order valence-electron chi connectivity index (χ0n) is 8.31. The quantitative estimate of drug-likeness (QED) is 0.614. The topological polar surface area (TPSA) is 94.8 Å². The maximum atomic E-state index is 11.5. The highest BCUT2D eigenvalue weighted by molar-refractivity contribution is 6.26. The van der Waals surface area contributed by atoms with Gasteiger partial charge < -0.3 is 15.3 Å². The summed E-state index contributed by atoms with van der Waals surface area (Å²) in [4.78, 5) is 23.1. The molecule has 0 fully saturated rings. The van der Waals surface area contributed by atoms with Crippen LogP contribution in [-0.4, -0.2) is 26.9 Å². The van der Waals surface area contributed by atoms with Crippen LogP contribution >= 0.6 is 0 Å². The van der Waals surface area contributed by atoms with Crippen LogP contribution in [0.2, 0.25) is 0 Å². The Hall–Kier alpha value is -2.30. The minimum atomic E-state index is -1.03. The highest BCUT2D eigenvalue weighted by Gasteiger charge is 2.34. The SMILES string of the molecule is Cc1cc(O)c2c(c1)C(=O)C(O)=C(O)C2=O. The lowest BCUT2D eigenvalue weighted by Gasteiger charge is -2.15. The number of aliphatic hydroxyl groups is 2. The third-order valence-corrected chi connectivity index (χ3v) is 2.39. The van der Waals surface area contributed by atoms with Gasteiger partial charge in [-0.1, -0.05) is 0 Å². The summed E-state index contributed by atoms with van der Waals surface area (Å²) >= 11 is 0. The van der Waals surface area contributed by atoms with Crippen molar-refractivity contribution >= 4 is 11.6 Å². The Kier molecular flexibility index (Phi) is 1.98. The maximum Gasteiger partial charge on any atom is 0.235 e. The van der Waals surface area contributed by atoms with Crippen molar-refractivity contribution in [2.24, 2.45) is 0 Å². The molecule has 0 aliphatic heterocycles. The van der Waals surface area contributed by atoms with Gasteiger partial charge in [0.05, 0.1) is 5.56 Å². The average Bonchev–Trinajstić information content (AvgIpc) is 2.22. The van der Waals surface area contributed by atoms with E-state index in [0.717, 1.165) is 0 Å². The molecule has 16 heavy (non-hydrogen) atoms. The normalized spacial score (nSPS) is 15.3. The van der Waals surface area contributed by atoms with Crippen LogP contribution in [0.1, 0.15) is 26.3 Å². The van der Waals surface area contributed by atoms with Crippen LogP contribution in [0.3, 0.4) is 0 Å². The molecule has 0 radical (unpaired) electrons. The van der Waals surface area contributed by atoms with Crippen LogP contribution in [0.4, 0.5) is 0 Å². The van der Waals surface area contributed by atoms with Gasteiger partial charge in [-0.05, 0) is 24.6 Å². The van der Waals surface area contributed by atoms with E-state index in [2.05, 4.69) is 0 Å². The van der Waals surface area contributed by atoms with Crippen molar-refractivity contribution in [2.45, 2.75) is 6.92 Å². The minimum Gasteiger partial charge on any atom is -0.507 e. The molecule has 0 saturated heterocycles. The number of phenols is 1. The molecule has 5 heteroatoms. The molecular formula is C11H8O5. The van der Waals surface area contributed by atoms with E-state index in [1.54, 1.807) is 6.92 Å². The number of aromatic hydroxyl groups is 1. The fourth-order valence-electron chi connectivity index (χ4n) is 1.65. The van der Waals surface area contributed by atoms with Crippen LogP contribution in [0, 0.1) is 6.92 Å². The molecule has 0 bridgehead atoms. The summed E-state index contributed by atoms with van der Waals surface area (Å²) < 4.78 is 0. The number of hydrogen-bond donors (Lipinski definition) is 3. The Morgan fingerprint density at radius 2 is 1.50 bits per heavy atom. The lowest BCUT2D eigenvalue weighted by atomic mass is 9.90. The van der Waals surface area contributed by atoms with Gasteiger partial charge in [-0.3, -0.25) is 9.59 Å². The molecule has 0 aromatic heterocycles. The molecule has 0 heterocycles. The summed E-state index contributed by atoms with van der Waals surface area (Å²) in [5.41, 5.74) is 0.204. The standard InChI is InChI=1S/C11H8O5/c1-4-2-5-7(6(12)3-4)9(14)11(16)10(15)8(5)13/h2-3,12,15-16H,1H3. The zero-order valence-corrected chi connectivity index (χ0v) is 8.31. The lowest BCUT2D eigenvalue weighted by Crippen LogP contribution is -2.22. The lowest BCUT2D eigenvalue weighted by molar-refractivity contribution is 0.0878. The second-order valence-corrected chi connectivity index (χ2v) is 3.56. The third-order valence-electron chi connectivity index (χ3n) is 2.39. The Bertz CT molecular complexity index is 554. The molecule has 1 aromatic carbocycles. The smallest absolute Gasteiger partial charge is 0.235 e. The first-order valence-corrected chi connectivity index (χ1v) is 4.48. The number of allylic oxidation sites excluding steroid dienone is 2. The molecule has 0 spiro atoms. The fraction of sp³-hybridized carbons (Fsp3) is 0.0909. The molecule has 1 aromatic rings. The van der Waals surface area contributed by atoms with Crippen LogP contribution in [0.5, 0.6) is 5.75 Å². The van der Waals surface area contributed by atoms with E-state index in [1.807, 2.05) is 0 Å². The molecule has 0 saturated carbocycles. The van der Waals surface area contributed by atoms with E-state index < -0.39 is 23.1 Å². The highest BCUT2D eigenvalue weighted by atomic mass is 16.3. The van der Waals surface area contributed by atoms with Gasteiger partial charge in [-0.2, -0.15) is 0 Å². The second-order valence-electron chi connectivity index (χ2n) is 3.56. The van der Waals surface area contributed by atoms with Crippen LogP contribution in [-0.2, 0) is 0 Å². The second kappa shape index (κ2) is 3.10. The first kappa shape index (κ1) is 10.2. The van der Waals surface area contributed by atoms with Crippen LogP contribution < -0.4 is 0 Å². The molecule has 82 valence electrons. The zero-order chi connectivity index (χ0) is 12.0. The van der Waals surface area contributed by atoms with Gasteiger partial charge in [-0.25, -0.2) is 0 Å². The molecule has 0 unspecified atom stereocenters. The first-order chi connectivity index (χ1) is 7.43. The summed E-state index contributed by atoms with van der Waals surface area (Å²) in [5.74, 6) is -4.22. The highest BCUT2D eigenvalue weighted by Crippen LogP contribution is 2.31. The van der Waals surface area contributed by atoms with Gasteiger partial charge in [0, 0.05) is 5.56 Å². The summed E-state index contributed by atoms with van der Waals surface area (Å²) in [6.45, 7) is 1.63. The molecular weight excluding hydrogens is 212 g/mol. The van der Waals surface area contributed by atoms with E-state index in [0.29, 0.717) is 5.56 Å². The van der Waals surface area contributed by atoms with Gasteiger partial charge in [0.25, 0.3) is 0 Å². The van der Waals surface area contributed by atoms with Gasteiger partial charge in [0.2, 0.25) is 23.1 Å². The number of ketones is 2. The average molecular weight is 220 g/mol. The minimum absolute atomic E-state index is 0.0993. The molecule has 1 aliphatic rings. The van der Waals surface area contributed by atoms with E-state index in [1.165, 1.54) is 12.1 Å². The van der Waals surface area contributed by atoms with Crippen LogP contribution in [0.25, 0.3) is 0 Å². The van der Waals surface area contributed by atoms with Crippen LogP contribution in [0.15, 0.2) is 23.7 Å². The Morgan fingerprint density at radius 3 is 2.12 bits per heavy atom. The van der Waals surface area contributed by atoms with Crippen molar-refractivity contribution in [1.82, 2.24) is 0 Å². The summed E-state index contributed by atoms with van der Waals surface area (Å²) in [6, 6.07) is 2.68. The number of aliphatic hydroxyl groups excluding tert-OH is 2. The van der Waals surface area contributed by atoms with Gasteiger partial charge in [0.1, 0.15) is 5.75 Å².